The first-order chi connectivity index (χ1) is 10.1. The van der Waals surface area contributed by atoms with Crippen molar-refractivity contribution in [3.05, 3.63) is 53.3 Å². The fourth-order valence-corrected chi connectivity index (χ4v) is 2.12. The zero-order chi connectivity index (χ0) is 15.0. The van der Waals surface area contributed by atoms with Crippen LogP contribution in [0, 0.1) is 0 Å². The van der Waals surface area contributed by atoms with Gasteiger partial charge >= 0.3 is 0 Å². The maximum absolute atomic E-state index is 12.2. The Balaban J connectivity index is 1.95. The molecular weight excluding hydrogens is 272 g/mol. The Labute approximate surface area is 120 Å². The number of phenolic OH excluding ortho intramolecular Hbond substituents is 2. The summed E-state index contributed by atoms with van der Waals surface area (Å²) in [5.74, 6) is 0.561. The number of methoxy groups -OCH3 is 1. The summed E-state index contributed by atoms with van der Waals surface area (Å²) in [6.45, 7) is 0. The van der Waals surface area contributed by atoms with E-state index in [0.29, 0.717) is 22.6 Å². The molecule has 0 atom stereocenters. The molecule has 1 aliphatic heterocycles. The van der Waals surface area contributed by atoms with Gasteiger partial charge in [0.05, 0.1) is 12.7 Å². The number of carbonyl (C=O) groups is 1. The number of rotatable bonds is 2. The summed E-state index contributed by atoms with van der Waals surface area (Å²) >= 11 is 0. The highest BCUT2D eigenvalue weighted by Gasteiger charge is 2.27. The average molecular weight is 284 g/mol. The zero-order valence-corrected chi connectivity index (χ0v) is 11.2. The highest BCUT2D eigenvalue weighted by Crippen LogP contribution is 2.35. The van der Waals surface area contributed by atoms with Gasteiger partial charge in [-0.2, -0.15) is 0 Å². The molecule has 1 heterocycles. The Morgan fingerprint density at radius 1 is 1.14 bits per heavy atom. The van der Waals surface area contributed by atoms with Crippen molar-refractivity contribution in [2.75, 3.05) is 7.11 Å². The van der Waals surface area contributed by atoms with Crippen LogP contribution < -0.4 is 9.47 Å². The summed E-state index contributed by atoms with van der Waals surface area (Å²) in [7, 11) is 1.46. The number of benzene rings is 2. The van der Waals surface area contributed by atoms with Crippen LogP contribution in [0.1, 0.15) is 15.9 Å². The van der Waals surface area contributed by atoms with E-state index in [2.05, 4.69) is 0 Å². The zero-order valence-electron chi connectivity index (χ0n) is 11.2. The van der Waals surface area contributed by atoms with Crippen molar-refractivity contribution in [2.24, 2.45) is 0 Å². The minimum atomic E-state index is -0.264. The predicted octanol–water partition coefficient (Wildman–Crippen LogP) is 2.72. The van der Waals surface area contributed by atoms with E-state index in [-0.39, 0.29) is 23.0 Å². The third kappa shape index (κ3) is 2.29. The summed E-state index contributed by atoms with van der Waals surface area (Å²) in [6.07, 6.45) is 1.53. The smallest absolute Gasteiger partial charge is 0.231 e. The molecule has 5 heteroatoms. The van der Waals surface area contributed by atoms with Crippen LogP contribution in [-0.2, 0) is 0 Å². The van der Waals surface area contributed by atoms with E-state index in [0.717, 1.165) is 0 Å². The van der Waals surface area contributed by atoms with E-state index in [1.165, 1.54) is 37.5 Å². The van der Waals surface area contributed by atoms with Crippen LogP contribution in [0.3, 0.4) is 0 Å². The van der Waals surface area contributed by atoms with Gasteiger partial charge < -0.3 is 19.7 Å². The Hall–Kier alpha value is -2.95. The molecule has 0 aliphatic carbocycles. The highest BCUT2D eigenvalue weighted by molar-refractivity contribution is 6.14. The van der Waals surface area contributed by atoms with Crippen molar-refractivity contribution in [1.29, 1.82) is 0 Å². The Morgan fingerprint density at radius 3 is 2.67 bits per heavy atom. The Kier molecular flexibility index (Phi) is 3.02. The van der Waals surface area contributed by atoms with Crippen molar-refractivity contribution in [3.8, 4) is 23.0 Å². The van der Waals surface area contributed by atoms with Gasteiger partial charge in [-0.15, -0.1) is 0 Å². The number of aromatic hydroxyl groups is 2. The molecule has 1 aliphatic rings. The average Bonchev–Trinajstić information content (AvgIpc) is 2.75. The molecular formula is C16H12O5. The van der Waals surface area contributed by atoms with E-state index in [1.54, 1.807) is 12.1 Å². The van der Waals surface area contributed by atoms with Gasteiger partial charge in [0.2, 0.25) is 5.78 Å². The second-order valence-electron chi connectivity index (χ2n) is 4.55. The summed E-state index contributed by atoms with van der Waals surface area (Å²) in [4.78, 5) is 12.2. The molecule has 106 valence electrons. The minimum Gasteiger partial charge on any atom is -0.508 e. The molecule has 2 N–H and O–H groups in total. The van der Waals surface area contributed by atoms with Crippen molar-refractivity contribution in [1.82, 2.24) is 0 Å². The number of carbonyl (C=O) groups excluding carboxylic acids is 1. The maximum atomic E-state index is 12.2. The van der Waals surface area contributed by atoms with Gasteiger partial charge in [0.1, 0.15) is 11.5 Å². The fraction of sp³-hybridized carbons (Fsp3) is 0.0625. The van der Waals surface area contributed by atoms with Crippen LogP contribution in [-0.4, -0.2) is 23.1 Å². The fourth-order valence-electron chi connectivity index (χ4n) is 2.12. The molecule has 3 rings (SSSR count). The number of allylic oxidation sites excluding steroid dienone is 1. The van der Waals surface area contributed by atoms with Crippen LogP contribution in [0.4, 0.5) is 0 Å². The van der Waals surface area contributed by atoms with Crippen LogP contribution in [0.5, 0.6) is 23.0 Å². The third-order valence-electron chi connectivity index (χ3n) is 3.15. The lowest BCUT2D eigenvalue weighted by Crippen LogP contribution is -1.98. The standard InChI is InChI=1S/C16H12O5/c1-20-13-5-2-9(6-12(13)18)7-15-16(19)11-4-3-10(17)8-14(11)21-15/h2-8,17-18H,1H3/b15-7+. The van der Waals surface area contributed by atoms with Gasteiger partial charge in [0.25, 0.3) is 0 Å². The summed E-state index contributed by atoms with van der Waals surface area (Å²) in [5, 5.41) is 19.1. The topological polar surface area (TPSA) is 76.0 Å². The number of hydrogen-bond acceptors (Lipinski definition) is 5. The number of ketones is 1. The molecule has 0 fully saturated rings. The van der Waals surface area contributed by atoms with Gasteiger partial charge in [-0.1, -0.05) is 6.07 Å². The molecule has 0 radical (unpaired) electrons. The molecule has 2 aromatic carbocycles. The van der Waals surface area contributed by atoms with E-state index >= 15 is 0 Å². The lowest BCUT2D eigenvalue weighted by Gasteiger charge is -2.04. The maximum Gasteiger partial charge on any atom is 0.231 e. The summed E-state index contributed by atoms with van der Waals surface area (Å²) in [5.41, 5.74) is 1.01. The SMILES string of the molecule is COc1ccc(/C=C2/Oc3cc(O)ccc3C2=O)cc1O. The second kappa shape index (κ2) is 4.86. The van der Waals surface area contributed by atoms with Gasteiger partial charge in [0.15, 0.2) is 17.3 Å². The molecule has 0 aromatic heterocycles. The molecule has 21 heavy (non-hydrogen) atoms. The first-order valence-electron chi connectivity index (χ1n) is 6.23. The normalized spacial score (nSPS) is 14.9. The van der Waals surface area contributed by atoms with Crippen LogP contribution in [0.15, 0.2) is 42.2 Å². The van der Waals surface area contributed by atoms with E-state index < -0.39 is 0 Å². The predicted molar refractivity (Wildman–Crippen MR) is 75.7 cm³/mol. The van der Waals surface area contributed by atoms with E-state index in [9.17, 15) is 15.0 Å². The molecule has 2 aromatic rings. The molecule has 0 saturated heterocycles. The van der Waals surface area contributed by atoms with Crippen LogP contribution in [0.25, 0.3) is 6.08 Å². The van der Waals surface area contributed by atoms with Crippen molar-refractivity contribution < 1.29 is 24.5 Å². The third-order valence-corrected chi connectivity index (χ3v) is 3.15. The lowest BCUT2D eigenvalue weighted by molar-refractivity contribution is 0.101. The van der Waals surface area contributed by atoms with Crippen LogP contribution >= 0.6 is 0 Å². The van der Waals surface area contributed by atoms with Gasteiger partial charge in [0, 0.05) is 6.07 Å². The lowest BCUT2D eigenvalue weighted by atomic mass is 10.1. The van der Waals surface area contributed by atoms with Crippen molar-refractivity contribution in [2.45, 2.75) is 0 Å². The molecule has 0 spiro atoms. The van der Waals surface area contributed by atoms with E-state index in [1.807, 2.05) is 0 Å². The summed E-state index contributed by atoms with van der Waals surface area (Å²) in [6, 6.07) is 9.10. The number of phenols is 2. The van der Waals surface area contributed by atoms with Crippen molar-refractivity contribution >= 4 is 11.9 Å². The Morgan fingerprint density at radius 2 is 1.95 bits per heavy atom. The van der Waals surface area contributed by atoms with Crippen LogP contribution in [0.2, 0.25) is 0 Å². The monoisotopic (exact) mass is 284 g/mol. The number of ether oxygens (including phenoxy) is 2. The molecule has 0 bridgehead atoms. The van der Waals surface area contributed by atoms with E-state index in [4.69, 9.17) is 9.47 Å². The van der Waals surface area contributed by atoms with Gasteiger partial charge in [-0.3, -0.25) is 4.79 Å². The highest BCUT2D eigenvalue weighted by atomic mass is 16.5. The molecule has 0 saturated carbocycles. The quantitative estimate of drug-likeness (QED) is 0.829. The first-order valence-corrected chi connectivity index (χ1v) is 6.23. The molecule has 5 nitrogen and oxygen atoms in total. The van der Waals surface area contributed by atoms with Crippen molar-refractivity contribution in [3.63, 3.8) is 0 Å². The first kappa shape index (κ1) is 13.1. The summed E-state index contributed by atoms with van der Waals surface area (Å²) < 4.78 is 10.4. The van der Waals surface area contributed by atoms with Gasteiger partial charge in [-0.25, -0.2) is 0 Å². The largest absolute Gasteiger partial charge is 0.508 e. The number of Topliss-reactive ketones (excluding diaryl/α,β-unsaturated/α-hetero) is 1. The minimum absolute atomic E-state index is 0.0209. The number of fused-ring (bicyclic) bond motifs is 1. The molecule has 0 amide bonds. The Bertz CT molecular complexity index is 761. The molecule has 0 unspecified atom stereocenters. The number of hydrogen-bond donors (Lipinski definition) is 2. The second-order valence-corrected chi connectivity index (χ2v) is 4.55. The van der Waals surface area contributed by atoms with Gasteiger partial charge in [-0.05, 0) is 35.9 Å².